The SMILES string of the molecule is CC(C)(C)c1ccc(N2c3ccc(C(C)(C)C)cc3B3c4cc(C(C)(C)C)ccc4N(c4ccc5oc6ccccc6c5c4)c4cc(N5c6ccc(-c7ccncc7)cc6C6(C)CCCCC56C)cc2c43)cc1. The lowest BCUT2D eigenvalue weighted by Gasteiger charge is -2.51. The maximum absolute atomic E-state index is 6.51. The Morgan fingerprint density at radius 1 is 0.479 bits per heavy atom. The van der Waals surface area contributed by atoms with E-state index in [-0.39, 0.29) is 33.9 Å². The molecule has 13 rings (SSSR count). The average molecular weight is 955 g/mol. The van der Waals surface area contributed by atoms with Crippen LogP contribution < -0.4 is 31.1 Å². The van der Waals surface area contributed by atoms with Gasteiger partial charge in [0.15, 0.2) is 0 Å². The van der Waals surface area contributed by atoms with Crippen LogP contribution in [0.5, 0.6) is 0 Å². The zero-order valence-electron chi connectivity index (χ0n) is 44.6. The molecule has 364 valence electrons. The molecule has 2 unspecified atom stereocenters. The molecule has 1 aliphatic carbocycles. The van der Waals surface area contributed by atoms with Gasteiger partial charge in [0.1, 0.15) is 11.2 Å². The van der Waals surface area contributed by atoms with Gasteiger partial charge in [-0.2, -0.15) is 0 Å². The van der Waals surface area contributed by atoms with Crippen LogP contribution >= 0.6 is 0 Å². The molecule has 2 aromatic heterocycles. The lowest BCUT2D eigenvalue weighted by atomic mass is 9.33. The van der Waals surface area contributed by atoms with Crippen molar-refractivity contribution in [3.05, 3.63) is 180 Å². The fraction of sp³-hybridized carbons (Fsp3) is 0.299. The van der Waals surface area contributed by atoms with Gasteiger partial charge < -0.3 is 19.1 Å². The summed E-state index contributed by atoms with van der Waals surface area (Å²) in [5.41, 5.74) is 23.1. The highest BCUT2D eigenvalue weighted by atomic mass is 16.3. The van der Waals surface area contributed by atoms with Crippen LogP contribution in [0.4, 0.5) is 45.5 Å². The Labute approximate surface area is 433 Å². The monoisotopic (exact) mass is 955 g/mol. The summed E-state index contributed by atoms with van der Waals surface area (Å²) in [5.74, 6) is 0. The largest absolute Gasteiger partial charge is 0.456 e. The number of nitrogens with zero attached hydrogens (tertiary/aromatic N) is 4. The van der Waals surface area contributed by atoms with Crippen LogP contribution in [-0.2, 0) is 21.7 Å². The standard InChI is InChI=1S/C67H67BN4O/c1-63(2,3)44-19-23-47(24-20-44)70-56-27-21-45(64(4,5)6)37-53(56)68-54-38-46(65(7,8)9)22-28-57(54)71(48-25-29-61-51(39-48)50-16-12-13-17-60(50)73-61)59-41-49(40-58(70)62(59)68)72-55-26-18-43(42-30-34-69-35-31-42)36-52(55)66(10)32-14-15-33-67(66,72)11/h12-13,16-31,34-41H,14-15,32-33H2,1-11H3. The van der Waals surface area contributed by atoms with E-state index in [1.165, 1.54) is 102 Å². The molecular weight excluding hydrogens is 888 g/mol. The van der Waals surface area contributed by atoms with Gasteiger partial charge >= 0.3 is 0 Å². The third-order valence-corrected chi connectivity index (χ3v) is 17.8. The molecule has 0 spiro atoms. The molecule has 7 aromatic carbocycles. The van der Waals surface area contributed by atoms with E-state index in [0.29, 0.717) is 0 Å². The van der Waals surface area contributed by atoms with Crippen LogP contribution in [0.25, 0.3) is 33.1 Å². The fourth-order valence-corrected chi connectivity index (χ4v) is 13.4. The second kappa shape index (κ2) is 15.7. The van der Waals surface area contributed by atoms with Crippen LogP contribution in [0.3, 0.4) is 0 Å². The van der Waals surface area contributed by atoms with E-state index in [2.05, 4.69) is 241 Å². The first-order valence-electron chi connectivity index (χ1n) is 26.8. The number of hydrogen-bond donors (Lipinski definition) is 0. The zero-order chi connectivity index (χ0) is 50.6. The highest BCUT2D eigenvalue weighted by molar-refractivity contribution is 7.00. The highest BCUT2D eigenvalue weighted by Crippen LogP contribution is 2.62. The summed E-state index contributed by atoms with van der Waals surface area (Å²) < 4.78 is 6.51. The first kappa shape index (κ1) is 45.8. The summed E-state index contributed by atoms with van der Waals surface area (Å²) in [6, 6.07) is 56.3. The van der Waals surface area contributed by atoms with E-state index in [0.717, 1.165) is 40.5 Å². The predicted octanol–water partition coefficient (Wildman–Crippen LogP) is 16.4. The molecule has 0 amide bonds. The Morgan fingerprint density at radius 2 is 1.04 bits per heavy atom. The number of para-hydroxylation sites is 1. The minimum Gasteiger partial charge on any atom is -0.456 e. The van der Waals surface area contributed by atoms with Crippen LogP contribution in [0.15, 0.2) is 162 Å². The van der Waals surface area contributed by atoms with Gasteiger partial charge in [-0.25, -0.2) is 0 Å². The number of pyridine rings is 1. The first-order valence-corrected chi connectivity index (χ1v) is 26.8. The second-order valence-electron chi connectivity index (χ2n) is 25.2. The number of hydrogen-bond acceptors (Lipinski definition) is 5. The van der Waals surface area contributed by atoms with Crippen molar-refractivity contribution in [3.63, 3.8) is 0 Å². The Balaban J connectivity index is 1.15. The molecule has 1 fully saturated rings. The molecule has 73 heavy (non-hydrogen) atoms. The maximum atomic E-state index is 6.51. The molecular formula is C67H67BN4O. The van der Waals surface area contributed by atoms with E-state index in [4.69, 9.17) is 4.42 Å². The van der Waals surface area contributed by atoms with Gasteiger partial charge in [0.05, 0.1) is 5.54 Å². The average Bonchev–Trinajstić information content (AvgIpc) is 3.84. The van der Waals surface area contributed by atoms with Gasteiger partial charge in [0.2, 0.25) is 0 Å². The molecule has 0 radical (unpaired) electrons. The number of fused-ring (bicyclic) bond motifs is 10. The summed E-state index contributed by atoms with van der Waals surface area (Å²) in [6.45, 7) is 26.1. The van der Waals surface area contributed by atoms with Gasteiger partial charge in [-0.05, 0) is 171 Å². The van der Waals surface area contributed by atoms with Crippen LogP contribution in [0.1, 0.15) is 124 Å². The lowest BCUT2D eigenvalue weighted by molar-refractivity contribution is 0.195. The van der Waals surface area contributed by atoms with Crippen molar-refractivity contribution in [1.29, 1.82) is 0 Å². The minimum atomic E-state index is -0.189. The summed E-state index contributed by atoms with van der Waals surface area (Å²) in [5, 5.41) is 2.25. The van der Waals surface area contributed by atoms with Crippen LogP contribution in [0, 0.1) is 0 Å². The fourth-order valence-electron chi connectivity index (χ4n) is 13.4. The van der Waals surface area contributed by atoms with Crippen LogP contribution in [-0.4, -0.2) is 17.2 Å². The molecule has 0 saturated heterocycles. The quantitative estimate of drug-likeness (QED) is 0.164. The Hall–Kier alpha value is -7.05. The molecule has 3 aliphatic heterocycles. The smallest absolute Gasteiger partial charge is 0.252 e. The van der Waals surface area contributed by atoms with Crippen molar-refractivity contribution in [3.8, 4) is 11.1 Å². The normalized spacial score (nSPS) is 19.2. The predicted molar refractivity (Wildman–Crippen MR) is 310 cm³/mol. The minimum absolute atomic E-state index is 0.0169. The van der Waals surface area contributed by atoms with Crippen molar-refractivity contribution < 1.29 is 4.42 Å². The first-order chi connectivity index (χ1) is 34.8. The summed E-state index contributed by atoms with van der Waals surface area (Å²) in [4.78, 5) is 12.4. The third-order valence-electron chi connectivity index (χ3n) is 17.8. The van der Waals surface area contributed by atoms with Crippen molar-refractivity contribution in [1.82, 2.24) is 4.98 Å². The van der Waals surface area contributed by atoms with E-state index in [1.807, 2.05) is 12.4 Å². The molecule has 0 bridgehead atoms. The third kappa shape index (κ3) is 6.84. The second-order valence-corrected chi connectivity index (χ2v) is 25.2. The molecule has 0 N–H and O–H groups in total. The van der Waals surface area contributed by atoms with Crippen molar-refractivity contribution in [2.45, 2.75) is 129 Å². The maximum Gasteiger partial charge on any atom is 0.252 e. The van der Waals surface area contributed by atoms with Crippen molar-refractivity contribution in [2.24, 2.45) is 0 Å². The topological polar surface area (TPSA) is 35.8 Å². The van der Waals surface area contributed by atoms with Gasteiger partial charge in [0.25, 0.3) is 6.71 Å². The van der Waals surface area contributed by atoms with Gasteiger partial charge in [-0.1, -0.05) is 143 Å². The molecule has 9 aromatic rings. The number of aromatic nitrogens is 1. The number of benzene rings is 7. The Morgan fingerprint density at radius 3 is 1.68 bits per heavy atom. The molecule has 5 heterocycles. The molecule has 5 nitrogen and oxygen atoms in total. The highest BCUT2D eigenvalue weighted by Gasteiger charge is 2.58. The lowest BCUT2D eigenvalue weighted by Crippen LogP contribution is -2.62. The number of rotatable bonds is 4. The number of anilines is 8. The summed E-state index contributed by atoms with van der Waals surface area (Å²) in [6.07, 6.45) is 8.47. The molecule has 2 atom stereocenters. The van der Waals surface area contributed by atoms with E-state index in [1.54, 1.807) is 0 Å². The van der Waals surface area contributed by atoms with Crippen LogP contribution in [0.2, 0.25) is 0 Å². The van der Waals surface area contributed by atoms with E-state index < -0.39 is 0 Å². The Kier molecular flexibility index (Phi) is 9.87. The number of furan rings is 1. The van der Waals surface area contributed by atoms with E-state index >= 15 is 0 Å². The van der Waals surface area contributed by atoms with Crippen molar-refractivity contribution >= 4 is 90.5 Å². The van der Waals surface area contributed by atoms with Gasteiger partial charge in [0, 0.05) is 74.1 Å². The van der Waals surface area contributed by atoms with Gasteiger partial charge in [-0.3, -0.25) is 4.98 Å². The van der Waals surface area contributed by atoms with Gasteiger partial charge in [-0.15, -0.1) is 0 Å². The molecule has 4 aliphatic rings. The summed E-state index contributed by atoms with van der Waals surface area (Å²) >= 11 is 0. The van der Waals surface area contributed by atoms with E-state index in [9.17, 15) is 0 Å². The molecule has 1 saturated carbocycles. The zero-order valence-corrected chi connectivity index (χ0v) is 44.6. The Bertz CT molecular complexity index is 3700. The summed E-state index contributed by atoms with van der Waals surface area (Å²) in [7, 11) is 0. The van der Waals surface area contributed by atoms with Crippen molar-refractivity contribution in [2.75, 3.05) is 14.7 Å². The molecule has 6 heteroatoms.